The minimum absolute atomic E-state index is 0.360. The number of alkyl halides is 2. The van der Waals surface area contributed by atoms with E-state index in [4.69, 9.17) is 5.73 Å². The number of nitrogens with zero attached hydrogens (tertiary/aromatic N) is 1. The molecule has 0 aliphatic carbocycles. The highest BCUT2D eigenvalue weighted by Gasteiger charge is 2.28. The fraction of sp³-hybridized carbons (Fsp3) is 0.750. The van der Waals surface area contributed by atoms with Crippen molar-refractivity contribution in [2.24, 2.45) is 5.73 Å². The molecule has 1 heterocycles. The van der Waals surface area contributed by atoms with E-state index in [2.05, 4.69) is 0 Å². The Balaban J connectivity index is 2.51. The third kappa shape index (κ3) is 2.91. The first kappa shape index (κ1) is 10.4. The number of primary amides is 1. The molecule has 1 aliphatic rings. The largest absolute Gasteiger partial charge is 0.368 e. The summed E-state index contributed by atoms with van der Waals surface area (Å²) in [5.41, 5.74) is 5.09. The van der Waals surface area contributed by atoms with E-state index in [-0.39, 0.29) is 6.54 Å². The van der Waals surface area contributed by atoms with Crippen molar-refractivity contribution in [2.45, 2.75) is 25.3 Å². The minimum Gasteiger partial charge on any atom is -0.368 e. The third-order valence-corrected chi connectivity index (χ3v) is 2.15. The average Bonchev–Trinajstić information content (AvgIpc) is 2.03. The molecule has 0 aromatic heterocycles. The van der Waals surface area contributed by atoms with Crippen molar-refractivity contribution in [3.63, 3.8) is 0 Å². The number of halogens is 2. The van der Waals surface area contributed by atoms with Crippen LogP contribution in [0.15, 0.2) is 0 Å². The van der Waals surface area contributed by atoms with Crippen molar-refractivity contribution in [3.05, 3.63) is 6.42 Å². The van der Waals surface area contributed by atoms with Crippen LogP contribution in [0.3, 0.4) is 0 Å². The Morgan fingerprint density at radius 1 is 1.69 bits per heavy atom. The van der Waals surface area contributed by atoms with E-state index in [1.165, 1.54) is 4.90 Å². The van der Waals surface area contributed by atoms with E-state index in [0.29, 0.717) is 13.0 Å². The van der Waals surface area contributed by atoms with Gasteiger partial charge in [-0.3, -0.25) is 9.69 Å². The zero-order valence-electron chi connectivity index (χ0n) is 7.25. The number of rotatable bonds is 3. The van der Waals surface area contributed by atoms with Crippen LogP contribution in [-0.2, 0) is 4.79 Å². The highest BCUT2D eigenvalue weighted by Crippen LogP contribution is 2.16. The first-order chi connectivity index (χ1) is 6.11. The summed E-state index contributed by atoms with van der Waals surface area (Å²) in [6.07, 6.45) is 0.746. The smallest absolute Gasteiger partial charge is 0.251 e. The lowest BCUT2D eigenvalue weighted by molar-refractivity contribution is -0.124. The average molecular weight is 191 g/mol. The third-order valence-electron chi connectivity index (χ3n) is 2.15. The lowest BCUT2D eigenvalue weighted by Crippen LogP contribution is -2.49. The van der Waals surface area contributed by atoms with Crippen LogP contribution in [0.25, 0.3) is 0 Å². The molecule has 0 saturated carbocycles. The monoisotopic (exact) mass is 191 g/mol. The van der Waals surface area contributed by atoms with Gasteiger partial charge in [0.15, 0.2) is 0 Å². The predicted octanol–water partition coefficient (Wildman–Crippen LogP) is 0.405. The van der Waals surface area contributed by atoms with Crippen LogP contribution in [0.1, 0.15) is 12.8 Å². The highest BCUT2D eigenvalue weighted by molar-refractivity contribution is 5.80. The summed E-state index contributed by atoms with van der Waals surface area (Å²) in [6, 6.07) is -0.539. The second kappa shape index (κ2) is 4.50. The number of carbonyl (C=O) groups excluding carboxylic acids is 1. The summed E-state index contributed by atoms with van der Waals surface area (Å²) >= 11 is 0. The highest BCUT2D eigenvalue weighted by atomic mass is 19.3. The van der Waals surface area contributed by atoms with E-state index in [0.717, 1.165) is 6.42 Å². The molecule has 0 aromatic carbocycles. The summed E-state index contributed by atoms with van der Waals surface area (Å²) in [7, 11) is 0. The molecule has 1 atom stereocenters. The van der Waals surface area contributed by atoms with Crippen LogP contribution in [0, 0.1) is 6.42 Å². The topological polar surface area (TPSA) is 46.3 Å². The van der Waals surface area contributed by atoms with Gasteiger partial charge in [0.25, 0.3) is 6.43 Å². The van der Waals surface area contributed by atoms with Gasteiger partial charge in [0.1, 0.15) is 0 Å². The fourth-order valence-corrected chi connectivity index (χ4v) is 1.53. The van der Waals surface area contributed by atoms with Crippen LogP contribution in [0.4, 0.5) is 8.78 Å². The van der Waals surface area contributed by atoms with Crippen LogP contribution >= 0.6 is 0 Å². The summed E-state index contributed by atoms with van der Waals surface area (Å²) < 4.78 is 24.1. The normalized spacial score (nSPS) is 25.0. The maximum Gasteiger partial charge on any atom is 0.251 e. The molecule has 3 nitrogen and oxygen atoms in total. The van der Waals surface area contributed by atoms with E-state index in [1.54, 1.807) is 0 Å². The number of hydrogen-bond donors (Lipinski definition) is 1. The zero-order chi connectivity index (χ0) is 9.84. The Morgan fingerprint density at radius 3 is 2.92 bits per heavy atom. The molecule has 75 valence electrons. The molecule has 0 bridgehead atoms. The molecule has 0 spiro atoms. The molecule has 1 rings (SSSR count). The molecule has 5 heteroatoms. The molecule has 1 radical (unpaired) electrons. The molecule has 1 saturated heterocycles. The van der Waals surface area contributed by atoms with E-state index in [1.807, 2.05) is 6.42 Å². The first-order valence-corrected chi connectivity index (χ1v) is 4.24. The van der Waals surface area contributed by atoms with Gasteiger partial charge in [0, 0.05) is 0 Å². The van der Waals surface area contributed by atoms with E-state index >= 15 is 0 Å². The van der Waals surface area contributed by atoms with Gasteiger partial charge in [-0.05, 0) is 25.8 Å². The van der Waals surface area contributed by atoms with Crippen molar-refractivity contribution in [3.8, 4) is 0 Å². The SMILES string of the molecule is NC(=O)C1C[CH]CCN1CC(F)F. The fourth-order valence-electron chi connectivity index (χ4n) is 1.53. The molecule has 1 unspecified atom stereocenters. The van der Waals surface area contributed by atoms with Gasteiger partial charge in [0.2, 0.25) is 5.91 Å². The maximum absolute atomic E-state index is 12.1. The van der Waals surface area contributed by atoms with Crippen LogP contribution < -0.4 is 5.73 Å². The van der Waals surface area contributed by atoms with Crippen LogP contribution in [0.2, 0.25) is 0 Å². The van der Waals surface area contributed by atoms with Crippen molar-refractivity contribution in [1.29, 1.82) is 0 Å². The number of amides is 1. The molecule has 0 aromatic rings. The van der Waals surface area contributed by atoms with Gasteiger partial charge < -0.3 is 5.73 Å². The quantitative estimate of drug-likeness (QED) is 0.702. The minimum atomic E-state index is -2.40. The number of hydrogen-bond acceptors (Lipinski definition) is 2. The zero-order valence-corrected chi connectivity index (χ0v) is 7.25. The number of carbonyl (C=O) groups is 1. The Kier molecular flexibility index (Phi) is 3.59. The maximum atomic E-state index is 12.1. The summed E-state index contributed by atoms with van der Waals surface area (Å²) in [4.78, 5) is 12.3. The Labute approximate surface area is 75.9 Å². The molecule has 1 amide bonds. The van der Waals surface area contributed by atoms with Gasteiger partial charge in [-0.15, -0.1) is 0 Å². The molecule has 13 heavy (non-hydrogen) atoms. The van der Waals surface area contributed by atoms with Gasteiger partial charge in [-0.25, -0.2) is 8.78 Å². The second-order valence-electron chi connectivity index (χ2n) is 3.12. The standard InChI is InChI=1S/C8H13F2N2O/c9-7(10)5-12-4-2-1-3-6(12)8(11)13/h1,6-7H,2-5H2,(H2,11,13). The first-order valence-electron chi connectivity index (χ1n) is 4.24. The summed E-state index contributed by atoms with van der Waals surface area (Å²) in [5, 5.41) is 0. The van der Waals surface area contributed by atoms with E-state index < -0.39 is 18.4 Å². The number of piperidine rings is 1. The Morgan fingerprint density at radius 2 is 2.38 bits per heavy atom. The van der Waals surface area contributed by atoms with Gasteiger partial charge >= 0.3 is 0 Å². The molecular formula is C8H13F2N2O. The lowest BCUT2D eigenvalue weighted by atomic mass is 10.0. The van der Waals surface area contributed by atoms with Crippen LogP contribution in [0.5, 0.6) is 0 Å². The second-order valence-corrected chi connectivity index (χ2v) is 3.12. The molecular weight excluding hydrogens is 178 g/mol. The Bertz CT molecular complexity index is 187. The van der Waals surface area contributed by atoms with Crippen molar-refractivity contribution in [2.75, 3.05) is 13.1 Å². The predicted molar refractivity (Wildman–Crippen MR) is 44.1 cm³/mol. The Hall–Kier alpha value is -0.710. The molecule has 1 aliphatic heterocycles. The molecule has 2 N–H and O–H groups in total. The lowest BCUT2D eigenvalue weighted by Gasteiger charge is -2.32. The summed E-state index contributed by atoms with van der Waals surface area (Å²) in [5.74, 6) is -0.517. The van der Waals surface area contributed by atoms with Crippen LogP contribution in [-0.4, -0.2) is 36.4 Å². The van der Waals surface area contributed by atoms with Gasteiger partial charge in [-0.1, -0.05) is 0 Å². The number of nitrogens with two attached hydrogens (primary N) is 1. The van der Waals surface area contributed by atoms with Gasteiger partial charge in [-0.2, -0.15) is 0 Å². The molecule has 1 fully saturated rings. The van der Waals surface area contributed by atoms with Crippen molar-refractivity contribution >= 4 is 5.91 Å². The summed E-state index contributed by atoms with van der Waals surface area (Å²) in [6.45, 7) is 0.138. The van der Waals surface area contributed by atoms with Crippen molar-refractivity contribution in [1.82, 2.24) is 4.90 Å². The number of likely N-dealkylation sites (tertiary alicyclic amines) is 1. The van der Waals surface area contributed by atoms with Crippen molar-refractivity contribution < 1.29 is 13.6 Å². The van der Waals surface area contributed by atoms with E-state index in [9.17, 15) is 13.6 Å². The van der Waals surface area contributed by atoms with Gasteiger partial charge in [0.05, 0.1) is 12.6 Å².